The minimum Gasteiger partial charge on any atom is -0.384 e. The van der Waals surface area contributed by atoms with Crippen LogP contribution in [0.2, 0.25) is 0 Å². The summed E-state index contributed by atoms with van der Waals surface area (Å²) in [6.07, 6.45) is 2.36. The van der Waals surface area contributed by atoms with Crippen molar-refractivity contribution in [2.45, 2.75) is 17.7 Å². The summed E-state index contributed by atoms with van der Waals surface area (Å²) in [5.74, 6) is 0.555. The lowest BCUT2D eigenvalue weighted by Gasteiger charge is -2.24. The van der Waals surface area contributed by atoms with Crippen molar-refractivity contribution in [1.82, 2.24) is 10.0 Å². The highest BCUT2D eigenvalue weighted by Crippen LogP contribution is 2.21. The second-order valence-corrected chi connectivity index (χ2v) is 6.65. The van der Waals surface area contributed by atoms with Crippen LogP contribution in [-0.4, -0.2) is 35.1 Å². The van der Waals surface area contributed by atoms with Gasteiger partial charge in [-0.1, -0.05) is 12.1 Å². The van der Waals surface area contributed by atoms with Crippen molar-refractivity contribution in [3.8, 4) is 0 Å². The van der Waals surface area contributed by atoms with Crippen LogP contribution >= 0.6 is 0 Å². The first-order valence-electron chi connectivity index (χ1n) is 6.60. The molecule has 1 atom stereocenters. The van der Waals surface area contributed by atoms with Crippen LogP contribution in [0.5, 0.6) is 0 Å². The van der Waals surface area contributed by atoms with Gasteiger partial charge >= 0.3 is 0 Å². The molecule has 0 saturated carbocycles. The number of benzene rings is 1. The number of rotatable bonds is 5. The van der Waals surface area contributed by atoms with E-state index in [0.717, 1.165) is 19.6 Å². The Morgan fingerprint density at radius 2 is 2.16 bits per heavy atom. The topological polar surface area (TPSA) is 70.2 Å². The Kier molecular flexibility index (Phi) is 4.79. The highest BCUT2D eigenvalue weighted by Gasteiger charge is 2.17. The van der Waals surface area contributed by atoms with Gasteiger partial charge in [0.15, 0.2) is 0 Å². The molecular weight excluding hydrogens is 262 g/mol. The molecule has 1 heterocycles. The second-order valence-electron chi connectivity index (χ2n) is 4.80. The molecule has 0 aliphatic carbocycles. The lowest BCUT2D eigenvalue weighted by atomic mass is 10.00. The van der Waals surface area contributed by atoms with Gasteiger partial charge in [0.05, 0.1) is 5.69 Å². The fourth-order valence-electron chi connectivity index (χ4n) is 2.31. The van der Waals surface area contributed by atoms with Crippen molar-refractivity contribution in [1.29, 1.82) is 0 Å². The average molecular weight is 283 g/mol. The van der Waals surface area contributed by atoms with Crippen molar-refractivity contribution in [2.75, 3.05) is 32.0 Å². The molecule has 1 aliphatic heterocycles. The van der Waals surface area contributed by atoms with Crippen molar-refractivity contribution in [2.24, 2.45) is 5.92 Å². The van der Waals surface area contributed by atoms with Crippen LogP contribution in [0, 0.1) is 5.92 Å². The second kappa shape index (κ2) is 6.36. The van der Waals surface area contributed by atoms with Gasteiger partial charge in [-0.05, 0) is 51.0 Å². The molecule has 0 aromatic heterocycles. The van der Waals surface area contributed by atoms with E-state index in [2.05, 4.69) is 15.4 Å². The number of nitrogens with one attached hydrogen (secondary N) is 3. The fourth-order valence-corrected chi connectivity index (χ4v) is 3.22. The van der Waals surface area contributed by atoms with Crippen molar-refractivity contribution in [3.05, 3.63) is 24.3 Å². The third-order valence-corrected chi connectivity index (χ3v) is 4.90. The zero-order valence-electron chi connectivity index (χ0n) is 11.1. The Bertz CT molecular complexity index is 510. The molecule has 0 radical (unpaired) electrons. The van der Waals surface area contributed by atoms with Gasteiger partial charge in [-0.2, -0.15) is 0 Å². The van der Waals surface area contributed by atoms with Crippen LogP contribution in [0.1, 0.15) is 12.8 Å². The summed E-state index contributed by atoms with van der Waals surface area (Å²) in [6.45, 7) is 2.87. The van der Waals surface area contributed by atoms with Gasteiger partial charge in [-0.3, -0.25) is 0 Å². The highest BCUT2D eigenvalue weighted by molar-refractivity contribution is 7.89. The predicted molar refractivity (Wildman–Crippen MR) is 76.8 cm³/mol. The first-order valence-corrected chi connectivity index (χ1v) is 8.09. The normalized spacial score (nSPS) is 20.2. The van der Waals surface area contributed by atoms with Crippen LogP contribution in [-0.2, 0) is 10.0 Å². The zero-order chi connectivity index (χ0) is 13.7. The SMILES string of the molecule is CNS(=O)(=O)c1ccccc1NCC1CCCNC1. The van der Waals surface area contributed by atoms with Gasteiger partial charge < -0.3 is 10.6 Å². The molecule has 106 valence electrons. The summed E-state index contributed by atoms with van der Waals surface area (Å²) in [5.41, 5.74) is 0.669. The van der Waals surface area contributed by atoms with Crippen molar-refractivity contribution in [3.63, 3.8) is 0 Å². The average Bonchev–Trinajstić information content (AvgIpc) is 2.46. The summed E-state index contributed by atoms with van der Waals surface area (Å²) in [5, 5.41) is 6.62. The molecule has 1 saturated heterocycles. The summed E-state index contributed by atoms with van der Waals surface area (Å²) in [4.78, 5) is 0.307. The summed E-state index contributed by atoms with van der Waals surface area (Å²) in [6, 6.07) is 7.00. The molecule has 1 aromatic carbocycles. The van der Waals surface area contributed by atoms with E-state index in [9.17, 15) is 8.42 Å². The van der Waals surface area contributed by atoms with Gasteiger partial charge in [-0.25, -0.2) is 13.1 Å². The number of hydrogen-bond donors (Lipinski definition) is 3. The highest BCUT2D eigenvalue weighted by atomic mass is 32.2. The summed E-state index contributed by atoms with van der Waals surface area (Å²) >= 11 is 0. The van der Waals surface area contributed by atoms with E-state index in [0.29, 0.717) is 16.5 Å². The molecule has 0 spiro atoms. The zero-order valence-corrected chi connectivity index (χ0v) is 12.0. The molecule has 6 heteroatoms. The molecule has 19 heavy (non-hydrogen) atoms. The molecular formula is C13H21N3O2S. The number of hydrogen-bond acceptors (Lipinski definition) is 4. The summed E-state index contributed by atoms with van der Waals surface area (Å²) in [7, 11) is -1.98. The minimum atomic E-state index is -3.41. The van der Waals surface area contributed by atoms with E-state index in [1.54, 1.807) is 18.2 Å². The number of sulfonamides is 1. The number of anilines is 1. The van der Waals surface area contributed by atoms with Crippen LogP contribution in [0.4, 0.5) is 5.69 Å². The van der Waals surface area contributed by atoms with E-state index in [1.165, 1.54) is 19.9 Å². The quantitative estimate of drug-likeness (QED) is 0.754. The molecule has 1 unspecified atom stereocenters. The number of para-hydroxylation sites is 1. The van der Waals surface area contributed by atoms with Crippen molar-refractivity contribution >= 4 is 15.7 Å². The lowest BCUT2D eigenvalue weighted by Crippen LogP contribution is -2.33. The molecule has 2 rings (SSSR count). The maximum atomic E-state index is 11.9. The van der Waals surface area contributed by atoms with E-state index < -0.39 is 10.0 Å². The molecule has 3 N–H and O–H groups in total. The van der Waals surface area contributed by atoms with Gasteiger partial charge in [0, 0.05) is 6.54 Å². The first-order chi connectivity index (χ1) is 9.13. The molecule has 0 amide bonds. The van der Waals surface area contributed by atoms with Gasteiger partial charge in [0.25, 0.3) is 0 Å². The van der Waals surface area contributed by atoms with E-state index >= 15 is 0 Å². The smallest absolute Gasteiger partial charge is 0.242 e. The van der Waals surface area contributed by atoms with Gasteiger partial charge in [0.1, 0.15) is 4.90 Å². The first kappa shape index (κ1) is 14.3. The standard InChI is InChI=1S/C13H21N3O2S/c1-14-19(17,18)13-7-3-2-6-12(13)16-10-11-5-4-8-15-9-11/h2-3,6-7,11,14-16H,4-5,8-10H2,1H3. The minimum absolute atomic E-state index is 0.307. The maximum absolute atomic E-state index is 11.9. The van der Waals surface area contributed by atoms with E-state index in [-0.39, 0.29) is 0 Å². The number of piperidine rings is 1. The molecule has 1 aliphatic rings. The Labute approximate surface area is 114 Å². The van der Waals surface area contributed by atoms with Gasteiger partial charge in [0.2, 0.25) is 10.0 Å². The Morgan fingerprint density at radius 1 is 1.37 bits per heavy atom. The Morgan fingerprint density at radius 3 is 2.84 bits per heavy atom. The summed E-state index contributed by atoms with van der Waals surface area (Å²) < 4.78 is 26.2. The van der Waals surface area contributed by atoms with Crippen LogP contribution in [0.15, 0.2) is 29.2 Å². The third-order valence-electron chi connectivity index (χ3n) is 3.43. The van der Waals surface area contributed by atoms with Gasteiger partial charge in [-0.15, -0.1) is 0 Å². The van der Waals surface area contributed by atoms with E-state index in [1.807, 2.05) is 6.07 Å². The maximum Gasteiger partial charge on any atom is 0.242 e. The Balaban J connectivity index is 2.07. The van der Waals surface area contributed by atoms with Crippen molar-refractivity contribution < 1.29 is 8.42 Å². The molecule has 1 fully saturated rings. The van der Waals surface area contributed by atoms with Crippen LogP contribution < -0.4 is 15.4 Å². The van der Waals surface area contributed by atoms with Crippen LogP contribution in [0.3, 0.4) is 0 Å². The molecule has 1 aromatic rings. The molecule has 5 nitrogen and oxygen atoms in total. The third kappa shape index (κ3) is 3.68. The fraction of sp³-hybridized carbons (Fsp3) is 0.538. The predicted octanol–water partition coefficient (Wildman–Crippen LogP) is 1.01. The van der Waals surface area contributed by atoms with E-state index in [4.69, 9.17) is 0 Å². The van der Waals surface area contributed by atoms with Crippen LogP contribution in [0.25, 0.3) is 0 Å². The lowest BCUT2D eigenvalue weighted by molar-refractivity contribution is 0.392. The Hall–Kier alpha value is -1.11. The molecule has 0 bridgehead atoms. The monoisotopic (exact) mass is 283 g/mol. The largest absolute Gasteiger partial charge is 0.384 e.